The minimum Gasteiger partial charge on any atom is -0.382 e. The average Bonchev–Trinajstić information content (AvgIpc) is 2.12. The Kier molecular flexibility index (Phi) is 4.03. The van der Waals surface area contributed by atoms with Crippen molar-refractivity contribution in [3.63, 3.8) is 0 Å². The fourth-order valence-corrected chi connectivity index (χ4v) is 1.67. The van der Waals surface area contributed by atoms with E-state index in [4.69, 9.17) is 17.3 Å². The number of halogens is 2. The maximum atomic E-state index is 6.08. The molecule has 0 aliphatic carbocycles. The summed E-state index contributed by atoms with van der Waals surface area (Å²) in [5.74, 6) is 0. The summed E-state index contributed by atoms with van der Waals surface area (Å²) in [6.07, 6.45) is 0. The van der Waals surface area contributed by atoms with Gasteiger partial charge in [-0.05, 0) is 34.5 Å². The summed E-state index contributed by atoms with van der Waals surface area (Å²) in [7, 11) is 0. The summed E-state index contributed by atoms with van der Waals surface area (Å²) in [6.45, 7) is 3.34. The van der Waals surface area contributed by atoms with E-state index in [-0.39, 0.29) is 0 Å². The first kappa shape index (κ1) is 10.8. The van der Waals surface area contributed by atoms with E-state index >= 15 is 0 Å². The van der Waals surface area contributed by atoms with Gasteiger partial charge in [0.1, 0.15) is 0 Å². The molecule has 0 aromatic heterocycles. The van der Waals surface area contributed by atoms with Crippen molar-refractivity contribution in [3.8, 4) is 0 Å². The smallest absolute Gasteiger partial charge is 0.0782 e. The molecule has 0 unspecified atom stereocenters. The third-order valence-electron chi connectivity index (χ3n) is 1.75. The standard InChI is InChI=1S/C9H12BrClN2/c1-6-2-3-7(10)8(11)9(6)13-5-4-12/h2-3,13H,4-5,12H2,1H3. The molecule has 0 amide bonds. The van der Waals surface area contributed by atoms with Gasteiger partial charge in [-0.2, -0.15) is 0 Å². The van der Waals surface area contributed by atoms with Gasteiger partial charge in [0.05, 0.1) is 10.7 Å². The predicted molar refractivity (Wildman–Crippen MR) is 61.4 cm³/mol. The lowest BCUT2D eigenvalue weighted by Crippen LogP contribution is -2.14. The van der Waals surface area contributed by atoms with Crippen LogP contribution in [0.1, 0.15) is 5.56 Å². The zero-order chi connectivity index (χ0) is 9.84. The second kappa shape index (κ2) is 4.84. The summed E-state index contributed by atoms with van der Waals surface area (Å²) in [5.41, 5.74) is 7.48. The van der Waals surface area contributed by atoms with E-state index < -0.39 is 0 Å². The number of hydrogen-bond donors (Lipinski definition) is 2. The molecule has 0 aliphatic rings. The first-order valence-corrected chi connectivity index (χ1v) is 5.22. The highest BCUT2D eigenvalue weighted by molar-refractivity contribution is 9.10. The van der Waals surface area contributed by atoms with Crippen LogP contribution in [0.2, 0.25) is 5.02 Å². The lowest BCUT2D eigenvalue weighted by Gasteiger charge is -2.11. The molecule has 1 rings (SSSR count). The summed E-state index contributed by atoms with van der Waals surface area (Å²) < 4.78 is 0.902. The maximum absolute atomic E-state index is 6.08. The Morgan fingerprint density at radius 1 is 1.54 bits per heavy atom. The molecule has 2 nitrogen and oxygen atoms in total. The van der Waals surface area contributed by atoms with Gasteiger partial charge in [0.15, 0.2) is 0 Å². The molecule has 1 aromatic carbocycles. The van der Waals surface area contributed by atoms with Gasteiger partial charge in [-0.3, -0.25) is 0 Å². The molecule has 3 N–H and O–H groups in total. The van der Waals surface area contributed by atoms with Crippen LogP contribution in [0.5, 0.6) is 0 Å². The molecule has 0 aliphatic heterocycles. The van der Waals surface area contributed by atoms with E-state index in [0.29, 0.717) is 11.6 Å². The fraction of sp³-hybridized carbons (Fsp3) is 0.333. The van der Waals surface area contributed by atoms with Gasteiger partial charge in [0.2, 0.25) is 0 Å². The molecule has 0 fully saturated rings. The number of hydrogen-bond acceptors (Lipinski definition) is 2. The van der Waals surface area contributed by atoms with Crippen molar-refractivity contribution in [1.29, 1.82) is 0 Å². The highest BCUT2D eigenvalue weighted by Crippen LogP contribution is 2.32. The first-order valence-electron chi connectivity index (χ1n) is 4.05. The molecule has 0 bridgehead atoms. The Bertz CT molecular complexity index is 302. The molecule has 0 saturated heterocycles. The van der Waals surface area contributed by atoms with Crippen LogP contribution in [0.25, 0.3) is 0 Å². The van der Waals surface area contributed by atoms with E-state index in [1.807, 2.05) is 19.1 Å². The van der Waals surface area contributed by atoms with Crippen LogP contribution in [0.15, 0.2) is 16.6 Å². The number of aryl methyl sites for hydroxylation is 1. The van der Waals surface area contributed by atoms with Crippen molar-refractivity contribution in [2.75, 3.05) is 18.4 Å². The Balaban J connectivity index is 2.96. The highest BCUT2D eigenvalue weighted by atomic mass is 79.9. The molecular formula is C9H12BrClN2. The molecular weight excluding hydrogens is 251 g/mol. The van der Waals surface area contributed by atoms with Crippen molar-refractivity contribution >= 4 is 33.2 Å². The van der Waals surface area contributed by atoms with Gasteiger partial charge in [-0.1, -0.05) is 17.7 Å². The van der Waals surface area contributed by atoms with Crippen LogP contribution >= 0.6 is 27.5 Å². The minimum absolute atomic E-state index is 0.599. The van der Waals surface area contributed by atoms with E-state index in [0.717, 1.165) is 22.3 Å². The lowest BCUT2D eigenvalue weighted by atomic mass is 10.2. The molecule has 0 atom stereocenters. The molecule has 0 radical (unpaired) electrons. The topological polar surface area (TPSA) is 38.0 Å². The molecule has 4 heteroatoms. The molecule has 0 saturated carbocycles. The van der Waals surface area contributed by atoms with Crippen LogP contribution in [0.4, 0.5) is 5.69 Å². The van der Waals surface area contributed by atoms with Crippen molar-refractivity contribution in [3.05, 3.63) is 27.2 Å². The number of benzene rings is 1. The van der Waals surface area contributed by atoms with E-state index in [2.05, 4.69) is 21.2 Å². The minimum atomic E-state index is 0.599. The summed E-state index contributed by atoms with van der Waals surface area (Å²) in [6, 6.07) is 3.94. The number of anilines is 1. The predicted octanol–water partition coefficient (Wildman–Crippen LogP) is 2.78. The summed E-state index contributed by atoms with van der Waals surface area (Å²) in [4.78, 5) is 0. The van der Waals surface area contributed by atoms with Gasteiger partial charge >= 0.3 is 0 Å². The lowest BCUT2D eigenvalue weighted by molar-refractivity contribution is 1.02. The molecule has 0 heterocycles. The normalized spacial score (nSPS) is 10.2. The van der Waals surface area contributed by atoms with Crippen LogP contribution in [-0.4, -0.2) is 13.1 Å². The Labute approximate surface area is 91.6 Å². The average molecular weight is 264 g/mol. The van der Waals surface area contributed by atoms with Crippen molar-refractivity contribution in [2.24, 2.45) is 5.73 Å². The van der Waals surface area contributed by atoms with E-state index in [1.165, 1.54) is 0 Å². The number of nitrogens with one attached hydrogen (secondary N) is 1. The Hall–Kier alpha value is -0.250. The third-order valence-corrected chi connectivity index (χ3v) is 3.03. The largest absolute Gasteiger partial charge is 0.382 e. The van der Waals surface area contributed by atoms with Crippen LogP contribution in [-0.2, 0) is 0 Å². The van der Waals surface area contributed by atoms with Gasteiger partial charge in [-0.15, -0.1) is 0 Å². The SMILES string of the molecule is Cc1ccc(Br)c(Cl)c1NCCN. The van der Waals surface area contributed by atoms with E-state index in [1.54, 1.807) is 0 Å². The van der Waals surface area contributed by atoms with Crippen molar-refractivity contribution in [2.45, 2.75) is 6.92 Å². The van der Waals surface area contributed by atoms with E-state index in [9.17, 15) is 0 Å². The Morgan fingerprint density at radius 3 is 2.85 bits per heavy atom. The van der Waals surface area contributed by atoms with Crippen LogP contribution in [0, 0.1) is 6.92 Å². The van der Waals surface area contributed by atoms with Gasteiger partial charge in [0.25, 0.3) is 0 Å². The second-order valence-electron chi connectivity index (χ2n) is 2.77. The summed E-state index contributed by atoms with van der Waals surface area (Å²) >= 11 is 9.45. The molecule has 72 valence electrons. The quantitative estimate of drug-likeness (QED) is 0.880. The van der Waals surface area contributed by atoms with Crippen LogP contribution < -0.4 is 11.1 Å². The number of nitrogens with two attached hydrogens (primary N) is 1. The zero-order valence-corrected chi connectivity index (χ0v) is 9.74. The summed E-state index contributed by atoms with van der Waals surface area (Å²) in [5, 5.41) is 3.90. The van der Waals surface area contributed by atoms with Crippen LogP contribution in [0.3, 0.4) is 0 Å². The maximum Gasteiger partial charge on any atom is 0.0782 e. The Morgan fingerprint density at radius 2 is 2.23 bits per heavy atom. The van der Waals surface area contributed by atoms with Crippen molar-refractivity contribution < 1.29 is 0 Å². The molecule has 13 heavy (non-hydrogen) atoms. The third kappa shape index (κ3) is 2.59. The zero-order valence-electron chi connectivity index (χ0n) is 7.40. The van der Waals surface area contributed by atoms with Crippen molar-refractivity contribution in [1.82, 2.24) is 0 Å². The fourth-order valence-electron chi connectivity index (χ4n) is 1.06. The molecule has 1 aromatic rings. The molecule has 0 spiro atoms. The first-order chi connectivity index (χ1) is 6.16. The van der Waals surface area contributed by atoms with Gasteiger partial charge in [0, 0.05) is 17.6 Å². The van der Waals surface area contributed by atoms with Gasteiger partial charge in [-0.25, -0.2) is 0 Å². The second-order valence-corrected chi connectivity index (χ2v) is 4.00. The monoisotopic (exact) mass is 262 g/mol. The van der Waals surface area contributed by atoms with Gasteiger partial charge < -0.3 is 11.1 Å². The number of rotatable bonds is 3. The highest BCUT2D eigenvalue weighted by Gasteiger charge is 2.06.